The number of rotatable bonds is 11. The molecule has 0 aliphatic carbocycles. The fraction of sp³-hybridized carbons (Fsp3) is 0.400. The highest BCUT2D eigenvalue weighted by Gasteiger charge is 2.19. The second-order valence-electron chi connectivity index (χ2n) is 5.73. The summed E-state index contributed by atoms with van der Waals surface area (Å²) in [7, 11) is 0. The summed E-state index contributed by atoms with van der Waals surface area (Å²) < 4.78 is 24.2. The molecule has 0 saturated heterocycles. The van der Waals surface area contributed by atoms with Gasteiger partial charge in [-0.1, -0.05) is 0 Å². The molecule has 2 N–H and O–H groups in total. The zero-order valence-electron chi connectivity index (χ0n) is 15.8. The van der Waals surface area contributed by atoms with Gasteiger partial charge in [0, 0.05) is 24.3 Å². The fourth-order valence-corrected chi connectivity index (χ4v) is 4.24. The van der Waals surface area contributed by atoms with Crippen LogP contribution in [0.25, 0.3) is 11.1 Å². The van der Waals surface area contributed by atoms with E-state index in [1.54, 1.807) is 0 Å². The maximum absolute atomic E-state index is 9.67. The predicted octanol–water partition coefficient (Wildman–Crippen LogP) is 4.29. The largest absolute Gasteiger partial charge is 0.466 e. The number of benzene rings is 2. The van der Waals surface area contributed by atoms with E-state index in [0.717, 1.165) is 29.4 Å². The first kappa shape index (κ1) is 23.6. The van der Waals surface area contributed by atoms with Crippen molar-refractivity contribution in [3.63, 3.8) is 0 Å². The Morgan fingerprint density at radius 1 is 0.714 bits per heavy atom. The second kappa shape index (κ2) is 12.1. The molecule has 28 heavy (non-hydrogen) atoms. The first-order chi connectivity index (χ1) is 13.5. The molecule has 0 radical (unpaired) electrons. The van der Waals surface area contributed by atoms with Crippen LogP contribution in [-0.2, 0) is 22.7 Å². The molecule has 0 fully saturated rings. The topological polar surface area (TPSA) is 77.4 Å². The lowest BCUT2D eigenvalue weighted by Crippen LogP contribution is -2.08. The van der Waals surface area contributed by atoms with Gasteiger partial charge in [-0.2, -0.15) is 0 Å². The van der Waals surface area contributed by atoms with Crippen molar-refractivity contribution >= 4 is 45.2 Å². The molecule has 154 valence electrons. The Bertz CT molecular complexity index is 716. The summed E-state index contributed by atoms with van der Waals surface area (Å²) in [5.74, 6) is 1.27. The Balaban J connectivity index is 2.62. The summed E-state index contributed by atoms with van der Waals surface area (Å²) in [6.07, 6.45) is 0. The third-order valence-corrected chi connectivity index (χ3v) is 5.45. The van der Waals surface area contributed by atoms with E-state index in [2.05, 4.69) is 45.2 Å². The van der Waals surface area contributed by atoms with Crippen molar-refractivity contribution in [2.75, 3.05) is 26.8 Å². The van der Waals surface area contributed by atoms with Gasteiger partial charge in [-0.15, -0.1) is 0 Å². The van der Waals surface area contributed by atoms with Crippen LogP contribution >= 0.6 is 45.2 Å². The summed E-state index contributed by atoms with van der Waals surface area (Å²) in [6, 6.07) is 7.47. The Labute approximate surface area is 192 Å². The summed E-state index contributed by atoms with van der Waals surface area (Å²) in [5, 5.41) is 19.3. The highest BCUT2D eigenvalue weighted by Crippen LogP contribution is 2.42. The highest BCUT2D eigenvalue weighted by atomic mass is 127. The summed E-state index contributed by atoms with van der Waals surface area (Å²) in [4.78, 5) is 0. The molecule has 2 aromatic rings. The molecule has 2 rings (SSSR count). The number of hydrogen-bond donors (Lipinski definition) is 2. The van der Waals surface area contributed by atoms with Crippen LogP contribution in [0, 0.1) is 7.14 Å². The minimum atomic E-state index is -0.0966. The van der Waals surface area contributed by atoms with Crippen LogP contribution in [0.4, 0.5) is 0 Å². The number of hydrogen-bond acceptors (Lipinski definition) is 6. The van der Waals surface area contributed by atoms with Crippen LogP contribution in [0.1, 0.15) is 25.0 Å². The van der Waals surface area contributed by atoms with Gasteiger partial charge in [0.2, 0.25) is 0 Å². The predicted molar refractivity (Wildman–Crippen MR) is 123 cm³/mol. The van der Waals surface area contributed by atoms with Crippen molar-refractivity contribution in [1.82, 2.24) is 0 Å². The van der Waals surface area contributed by atoms with E-state index >= 15 is 0 Å². The summed E-state index contributed by atoms with van der Waals surface area (Å²) >= 11 is 4.36. The summed E-state index contributed by atoms with van der Waals surface area (Å²) in [6.45, 7) is 4.92. The van der Waals surface area contributed by atoms with E-state index in [1.165, 1.54) is 0 Å². The van der Waals surface area contributed by atoms with Gasteiger partial charge in [0.05, 0.1) is 20.4 Å². The maximum Gasteiger partial charge on any atom is 0.189 e. The number of aliphatic hydroxyl groups is 2. The van der Waals surface area contributed by atoms with Crippen molar-refractivity contribution in [3.05, 3.63) is 42.5 Å². The second-order valence-corrected chi connectivity index (χ2v) is 8.06. The van der Waals surface area contributed by atoms with Crippen molar-refractivity contribution in [2.24, 2.45) is 0 Å². The Kier molecular flexibility index (Phi) is 10.2. The Morgan fingerprint density at radius 3 is 1.43 bits per heavy atom. The van der Waals surface area contributed by atoms with E-state index < -0.39 is 0 Å². The molecule has 0 unspecified atom stereocenters. The van der Waals surface area contributed by atoms with Crippen LogP contribution in [0.15, 0.2) is 24.3 Å². The van der Waals surface area contributed by atoms with E-state index in [1.807, 2.05) is 38.1 Å². The SMILES string of the molecule is CCOCOc1c(I)cc(CO)cc1-c1cc(CO)cc(I)c1OCOCC. The third-order valence-electron chi connectivity index (χ3n) is 3.84. The van der Waals surface area contributed by atoms with Gasteiger partial charge >= 0.3 is 0 Å². The van der Waals surface area contributed by atoms with Crippen LogP contribution < -0.4 is 9.47 Å². The third kappa shape index (κ3) is 6.17. The van der Waals surface area contributed by atoms with Crippen molar-refractivity contribution in [2.45, 2.75) is 27.1 Å². The molecular formula is C20H24I2O6. The van der Waals surface area contributed by atoms with Crippen molar-refractivity contribution in [3.8, 4) is 22.6 Å². The molecule has 0 aromatic heterocycles. The zero-order valence-corrected chi connectivity index (χ0v) is 20.2. The van der Waals surface area contributed by atoms with Gasteiger partial charge < -0.3 is 29.2 Å². The van der Waals surface area contributed by atoms with E-state index in [-0.39, 0.29) is 26.8 Å². The van der Waals surface area contributed by atoms with Crippen LogP contribution in [-0.4, -0.2) is 37.0 Å². The normalized spacial score (nSPS) is 10.9. The molecule has 0 bridgehead atoms. The van der Waals surface area contributed by atoms with Gasteiger partial charge in [0.25, 0.3) is 0 Å². The van der Waals surface area contributed by atoms with Crippen LogP contribution in [0.3, 0.4) is 0 Å². The zero-order chi connectivity index (χ0) is 20.5. The molecular weight excluding hydrogens is 590 g/mol. The molecule has 8 heteroatoms. The van der Waals surface area contributed by atoms with Crippen molar-refractivity contribution in [1.29, 1.82) is 0 Å². The van der Waals surface area contributed by atoms with Gasteiger partial charge in [0.1, 0.15) is 11.5 Å². The maximum atomic E-state index is 9.67. The molecule has 0 aliphatic rings. The van der Waals surface area contributed by atoms with Gasteiger partial charge in [0.15, 0.2) is 13.6 Å². The first-order valence-corrected chi connectivity index (χ1v) is 11.0. The minimum absolute atomic E-state index is 0.0966. The quantitative estimate of drug-likeness (QED) is 0.224. The smallest absolute Gasteiger partial charge is 0.189 e. The lowest BCUT2D eigenvalue weighted by Gasteiger charge is -2.19. The van der Waals surface area contributed by atoms with Crippen molar-refractivity contribution < 1.29 is 29.2 Å². The molecule has 6 nitrogen and oxygen atoms in total. The van der Waals surface area contributed by atoms with E-state index in [4.69, 9.17) is 18.9 Å². The van der Waals surface area contributed by atoms with E-state index in [0.29, 0.717) is 24.7 Å². The number of halogens is 2. The number of ether oxygens (including phenoxy) is 4. The standard InChI is InChI=1S/C20H24I2O6/c1-3-25-11-27-19-15(5-13(9-23)7-17(19)21)16-6-14(10-24)8-18(22)20(16)28-12-26-4-2/h5-8,23-24H,3-4,9-12H2,1-2H3. The molecule has 0 saturated carbocycles. The monoisotopic (exact) mass is 614 g/mol. The van der Waals surface area contributed by atoms with Gasteiger partial charge in [-0.25, -0.2) is 0 Å². The molecule has 0 atom stereocenters. The van der Waals surface area contributed by atoms with E-state index in [9.17, 15) is 10.2 Å². The molecule has 0 aliphatic heterocycles. The Hall–Kier alpha value is -0.660. The lowest BCUT2D eigenvalue weighted by molar-refractivity contribution is 0.0208. The molecule has 0 spiro atoms. The molecule has 0 amide bonds. The minimum Gasteiger partial charge on any atom is -0.466 e. The lowest BCUT2D eigenvalue weighted by atomic mass is 9.99. The molecule has 2 aromatic carbocycles. The fourth-order valence-electron chi connectivity index (χ4n) is 2.54. The average Bonchev–Trinajstić information content (AvgIpc) is 2.69. The highest BCUT2D eigenvalue weighted by molar-refractivity contribution is 14.1. The van der Waals surface area contributed by atoms with Crippen LogP contribution in [0.5, 0.6) is 11.5 Å². The first-order valence-electron chi connectivity index (χ1n) is 8.83. The Morgan fingerprint density at radius 2 is 1.11 bits per heavy atom. The number of aliphatic hydroxyl groups excluding tert-OH is 2. The van der Waals surface area contributed by atoms with Gasteiger partial charge in [-0.05, 0) is 94.4 Å². The van der Waals surface area contributed by atoms with Crippen LogP contribution in [0.2, 0.25) is 0 Å². The molecule has 0 heterocycles. The summed E-state index contributed by atoms with van der Waals surface area (Å²) in [5.41, 5.74) is 3.03. The van der Waals surface area contributed by atoms with Gasteiger partial charge in [-0.3, -0.25) is 0 Å². The average molecular weight is 614 g/mol.